The highest BCUT2D eigenvalue weighted by Crippen LogP contribution is 2.12. The molecule has 0 unspecified atom stereocenters. The lowest BCUT2D eigenvalue weighted by Gasteiger charge is -2.10. The van der Waals surface area contributed by atoms with Gasteiger partial charge >= 0.3 is 0 Å². The Bertz CT molecular complexity index is 393. The predicted molar refractivity (Wildman–Crippen MR) is 58.9 cm³/mol. The van der Waals surface area contributed by atoms with Crippen LogP contribution < -0.4 is 4.72 Å². The lowest BCUT2D eigenvalue weighted by Crippen LogP contribution is -2.22. The Morgan fingerprint density at radius 2 is 1.64 bits per heavy atom. The Morgan fingerprint density at radius 1 is 1.14 bits per heavy atom. The van der Waals surface area contributed by atoms with Crippen molar-refractivity contribution >= 4 is 15.7 Å². The molecule has 0 radical (unpaired) electrons. The van der Waals surface area contributed by atoms with Crippen molar-refractivity contribution in [3.8, 4) is 0 Å². The van der Waals surface area contributed by atoms with Crippen molar-refractivity contribution in [2.45, 2.75) is 26.0 Å². The second kappa shape index (κ2) is 4.00. The van der Waals surface area contributed by atoms with Crippen LogP contribution in [0.1, 0.15) is 19.4 Å². The lowest BCUT2D eigenvalue weighted by atomic mass is 10.2. The maximum atomic E-state index is 11.5. The van der Waals surface area contributed by atoms with Gasteiger partial charge in [0.2, 0.25) is 10.0 Å². The number of aryl methyl sites for hydroxylation is 1. The Hall–Kier alpha value is -1.03. The highest BCUT2D eigenvalue weighted by Gasteiger charge is 2.14. The lowest BCUT2D eigenvalue weighted by molar-refractivity contribution is 0.593. The molecule has 0 aliphatic rings. The van der Waals surface area contributed by atoms with E-state index in [4.69, 9.17) is 0 Å². The van der Waals surface area contributed by atoms with Crippen molar-refractivity contribution in [2.75, 3.05) is 4.72 Å². The van der Waals surface area contributed by atoms with Crippen LogP contribution in [0.25, 0.3) is 0 Å². The van der Waals surface area contributed by atoms with E-state index in [9.17, 15) is 8.42 Å². The van der Waals surface area contributed by atoms with E-state index in [1.54, 1.807) is 26.0 Å². The largest absolute Gasteiger partial charge is 0.283 e. The summed E-state index contributed by atoms with van der Waals surface area (Å²) in [5.74, 6) is 0. The quantitative estimate of drug-likeness (QED) is 0.836. The molecule has 1 aromatic carbocycles. The third kappa shape index (κ3) is 2.73. The molecule has 0 bridgehead atoms. The van der Waals surface area contributed by atoms with Crippen LogP contribution in [-0.4, -0.2) is 13.7 Å². The first-order valence-corrected chi connectivity index (χ1v) is 6.05. The first kappa shape index (κ1) is 11.0. The Morgan fingerprint density at radius 3 is 2.07 bits per heavy atom. The summed E-state index contributed by atoms with van der Waals surface area (Å²) in [6.45, 7) is 5.26. The zero-order chi connectivity index (χ0) is 10.8. The molecule has 0 amide bonds. The van der Waals surface area contributed by atoms with Crippen LogP contribution in [0.4, 0.5) is 5.69 Å². The fourth-order valence-corrected chi connectivity index (χ4v) is 1.60. The molecule has 0 aromatic heterocycles. The molecule has 3 nitrogen and oxygen atoms in total. The zero-order valence-corrected chi connectivity index (χ0v) is 9.43. The molecule has 1 aromatic rings. The van der Waals surface area contributed by atoms with E-state index in [1.807, 2.05) is 19.1 Å². The maximum Gasteiger partial charge on any atom is 0.235 e. The number of rotatable bonds is 3. The van der Waals surface area contributed by atoms with E-state index in [0.717, 1.165) is 5.56 Å². The summed E-state index contributed by atoms with van der Waals surface area (Å²) in [4.78, 5) is 0. The van der Waals surface area contributed by atoms with Crippen molar-refractivity contribution in [3.05, 3.63) is 29.8 Å². The van der Waals surface area contributed by atoms with Gasteiger partial charge < -0.3 is 0 Å². The standard InChI is InChI=1S/C10H15NO2S/c1-8(2)14(12,13)11-10-6-4-9(3)5-7-10/h4-8,11H,1-3H3. The van der Waals surface area contributed by atoms with Gasteiger partial charge in [-0.15, -0.1) is 0 Å². The summed E-state index contributed by atoms with van der Waals surface area (Å²) >= 11 is 0. The van der Waals surface area contributed by atoms with Gasteiger partial charge in [-0.2, -0.15) is 0 Å². The third-order valence-corrected chi connectivity index (χ3v) is 3.69. The number of sulfonamides is 1. The molecule has 14 heavy (non-hydrogen) atoms. The van der Waals surface area contributed by atoms with Crippen molar-refractivity contribution < 1.29 is 8.42 Å². The Balaban J connectivity index is 2.85. The van der Waals surface area contributed by atoms with Gasteiger partial charge in [0, 0.05) is 5.69 Å². The number of nitrogens with one attached hydrogen (secondary N) is 1. The second-order valence-electron chi connectivity index (χ2n) is 3.56. The molecule has 78 valence electrons. The number of hydrogen-bond donors (Lipinski definition) is 1. The van der Waals surface area contributed by atoms with Gasteiger partial charge in [0.05, 0.1) is 5.25 Å². The summed E-state index contributed by atoms with van der Waals surface area (Å²) < 4.78 is 25.5. The van der Waals surface area contributed by atoms with Gasteiger partial charge in [-0.3, -0.25) is 4.72 Å². The summed E-state index contributed by atoms with van der Waals surface area (Å²) in [6, 6.07) is 7.26. The van der Waals surface area contributed by atoms with Crippen LogP contribution in [0.15, 0.2) is 24.3 Å². The van der Waals surface area contributed by atoms with Crippen LogP contribution in [0, 0.1) is 6.92 Å². The molecule has 0 aliphatic carbocycles. The number of benzene rings is 1. The second-order valence-corrected chi connectivity index (χ2v) is 5.80. The molecular weight excluding hydrogens is 198 g/mol. The fraction of sp³-hybridized carbons (Fsp3) is 0.400. The van der Waals surface area contributed by atoms with Crippen LogP contribution in [0.5, 0.6) is 0 Å². The fourth-order valence-electron chi connectivity index (χ4n) is 0.904. The van der Waals surface area contributed by atoms with Gasteiger partial charge in [0.1, 0.15) is 0 Å². The minimum Gasteiger partial charge on any atom is -0.283 e. The molecule has 0 aliphatic heterocycles. The highest BCUT2D eigenvalue weighted by molar-refractivity contribution is 7.93. The van der Waals surface area contributed by atoms with E-state index >= 15 is 0 Å². The van der Waals surface area contributed by atoms with Crippen LogP contribution in [-0.2, 0) is 10.0 Å². The van der Waals surface area contributed by atoms with Crippen molar-refractivity contribution in [1.29, 1.82) is 0 Å². The van der Waals surface area contributed by atoms with E-state index in [0.29, 0.717) is 5.69 Å². The molecule has 0 saturated heterocycles. The van der Waals surface area contributed by atoms with Gasteiger partial charge in [-0.1, -0.05) is 17.7 Å². The van der Waals surface area contributed by atoms with Crippen molar-refractivity contribution in [2.24, 2.45) is 0 Å². The molecular formula is C10H15NO2S. The van der Waals surface area contributed by atoms with Gasteiger partial charge in [-0.25, -0.2) is 8.42 Å². The highest BCUT2D eigenvalue weighted by atomic mass is 32.2. The van der Waals surface area contributed by atoms with Gasteiger partial charge in [0.25, 0.3) is 0 Å². The van der Waals surface area contributed by atoms with Crippen LogP contribution >= 0.6 is 0 Å². The van der Waals surface area contributed by atoms with E-state index in [2.05, 4.69) is 4.72 Å². The third-order valence-electron chi connectivity index (χ3n) is 1.93. The molecule has 0 spiro atoms. The molecule has 1 rings (SSSR count). The van der Waals surface area contributed by atoms with Gasteiger partial charge in [-0.05, 0) is 32.9 Å². The Kier molecular flexibility index (Phi) is 3.16. The summed E-state index contributed by atoms with van der Waals surface area (Å²) in [5, 5.41) is -0.413. The van der Waals surface area contributed by atoms with Crippen molar-refractivity contribution in [1.82, 2.24) is 0 Å². The van der Waals surface area contributed by atoms with E-state index < -0.39 is 15.3 Å². The normalized spacial score (nSPS) is 11.7. The monoisotopic (exact) mass is 213 g/mol. The molecule has 0 saturated carbocycles. The smallest absolute Gasteiger partial charge is 0.235 e. The Labute approximate surface area is 85.2 Å². The predicted octanol–water partition coefficient (Wildman–Crippen LogP) is 2.15. The SMILES string of the molecule is Cc1ccc(NS(=O)(=O)C(C)C)cc1. The topological polar surface area (TPSA) is 46.2 Å². The molecule has 4 heteroatoms. The summed E-state index contributed by atoms with van der Waals surface area (Å²) in [5.41, 5.74) is 1.72. The zero-order valence-electron chi connectivity index (χ0n) is 8.61. The molecule has 0 fully saturated rings. The minimum absolute atomic E-state index is 0.413. The van der Waals surface area contributed by atoms with E-state index in [1.165, 1.54) is 0 Å². The van der Waals surface area contributed by atoms with E-state index in [-0.39, 0.29) is 0 Å². The average molecular weight is 213 g/mol. The van der Waals surface area contributed by atoms with Crippen LogP contribution in [0.2, 0.25) is 0 Å². The first-order valence-electron chi connectivity index (χ1n) is 4.50. The summed E-state index contributed by atoms with van der Waals surface area (Å²) in [7, 11) is -3.21. The summed E-state index contributed by atoms with van der Waals surface area (Å²) in [6.07, 6.45) is 0. The number of anilines is 1. The van der Waals surface area contributed by atoms with Gasteiger partial charge in [0.15, 0.2) is 0 Å². The number of hydrogen-bond acceptors (Lipinski definition) is 2. The first-order chi connectivity index (χ1) is 6.42. The minimum atomic E-state index is -3.21. The average Bonchev–Trinajstić information content (AvgIpc) is 2.08. The van der Waals surface area contributed by atoms with Crippen molar-refractivity contribution in [3.63, 3.8) is 0 Å². The molecule has 0 heterocycles. The van der Waals surface area contributed by atoms with Crippen LogP contribution in [0.3, 0.4) is 0 Å². The maximum absolute atomic E-state index is 11.5. The molecule has 0 atom stereocenters. The molecule has 1 N–H and O–H groups in total.